The van der Waals surface area contributed by atoms with E-state index in [0.29, 0.717) is 25.1 Å². The minimum Gasteiger partial charge on any atom is -0.490 e. The van der Waals surface area contributed by atoms with E-state index in [1.54, 1.807) is 6.07 Å². The quantitative estimate of drug-likeness (QED) is 0.170. The van der Waals surface area contributed by atoms with Crippen LogP contribution in [0.3, 0.4) is 0 Å². The molecule has 0 fully saturated rings. The standard InChI is InChI=1S/C34H32ClF3N2O/c1-24(41-32-17-9-16-31-28(32)18-20-39-31)19-21-40(22-27-14-8-15-30(33(27)35)34(36,37)38)23-29(25-10-4-2-5-11-25)26-12-6-3-7-13-26/h2-18,20,24,29,39H,19,21-23H2,1H3. The van der Waals surface area contributed by atoms with Gasteiger partial charge in [0.1, 0.15) is 5.75 Å². The molecular weight excluding hydrogens is 545 g/mol. The van der Waals surface area contributed by atoms with Gasteiger partial charge < -0.3 is 9.72 Å². The summed E-state index contributed by atoms with van der Waals surface area (Å²) in [6, 6.07) is 32.4. The third-order valence-electron chi connectivity index (χ3n) is 7.36. The molecule has 1 atom stereocenters. The van der Waals surface area contributed by atoms with Crippen molar-refractivity contribution in [3.05, 3.63) is 137 Å². The van der Waals surface area contributed by atoms with E-state index in [-0.39, 0.29) is 23.6 Å². The number of benzene rings is 4. The van der Waals surface area contributed by atoms with Crippen LogP contribution in [0.2, 0.25) is 5.02 Å². The molecule has 1 aromatic heterocycles. The fraction of sp³-hybridized carbons (Fsp3) is 0.235. The van der Waals surface area contributed by atoms with Crippen LogP contribution >= 0.6 is 11.6 Å². The van der Waals surface area contributed by atoms with Crippen LogP contribution in [0.15, 0.2) is 109 Å². The monoisotopic (exact) mass is 576 g/mol. The molecule has 4 aromatic carbocycles. The Bertz CT molecular complexity index is 1510. The second-order valence-corrected chi connectivity index (χ2v) is 10.7. The molecule has 212 valence electrons. The van der Waals surface area contributed by atoms with E-state index < -0.39 is 11.7 Å². The summed E-state index contributed by atoms with van der Waals surface area (Å²) in [5.74, 6) is 0.821. The molecular formula is C34H32ClF3N2O. The average molecular weight is 577 g/mol. The maximum absolute atomic E-state index is 13.7. The Morgan fingerprint density at radius 3 is 2.15 bits per heavy atom. The Morgan fingerprint density at radius 2 is 1.49 bits per heavy atom. The lowest BCUT2D eigenvalue weighted by atomic mass is 9.90. The SMILES string of the molecule is CC(CCN(Cc1cccc(C(F)(F)F)c1Cl)CC(c1ccccc1)c1ccccc1)Oc1cccc2[nH]ccc12. The molecule has 0 aliphatic carbocycles. The lowest BCUT2D eigenvalue weighted by Gasteiger charge is -2.30. The van der Waals surface area contributed by atoms with E-state index >= 15 is 0 Å². The number of rotatable bonds is 11. The summed E-state index contributed by atoms with van der Waals surface area (Å²) in [5, 5.41) is 0.768. The number of nitrogens with zero attached hydrogens (tertiary/aromatic N) is 1. The first kappa shape index (κ1) is 28.8. The lowest BCUT2D eigenvalue weighted by molar-refractivity contribution is -0.137. The molecule has 0 spiro atoms. The Hall–Kier alpha value is -3.74. The van der Waals surface area contributed by atoms with Gasteiger partial charge >= 0.3 is 6.18 Å². The fourth-order valence-electron chi connectivity index (χ4n) is 5.23. The number of aromatic nitrogens is 1. The predicted molar refractivity (Wildman–Crippen MR) is 159 cm³/mol. The minimum absolute atomic E-state index is 0.0202. The number of fused-ring (bicyclic) bond motifs is 1. The molecule has 0 saturated carbocycles. The third-order valence-corrected chi connectivity index (χ3v) is 7.80. The van der Waals surface area contributed by atoms with Gasteiger partial charge in [-0.15, -0.1) is 0 Å². The van der Waals surface area contributed by atoms with Crippen molar-refractivity contribution < 1.29 is 17.9 Å². The van der Waals surface area contributed by atoms with Crippen molar-refractivity contribution >= 4 is 22.5 Å². The number of hydrogen-bond donors (Lipinski definition) is 1. The highest BCUT2D eigenvalue weighted by molar-refractivity contribution is 6.32. The summed E-state index contributed by atoms with van der Waals surface area (Å²) < 4.78 is 47.3. The van der Waals surface area contributed by atoms with Crippen LogP contribution in [0, 0.1) is 0 Å². The highest BCUT2D eigenvalue weighted by Gasteiger charge is 2.34. The van der Waals surface area contributed by atoms with Crippen molar-refractivity contribution in [3.63, 3.8) is 0 Å². The molecule has 0 amide bonds. The molecule has 1 N–H and O–H groups in total. The number of hydrogen-bond acceptors (Lipinski definition) is 2. The van der Waals surface area contributed by atoms with Crippen LogP contribution < -0.4 is 4.74 Å². The molecule has 3 nitrogen and oxygen atoms in total. The maximum atomic E-state index is 13.7. The highest BCUT2D eigenvalue weighted by atomic mass is 35.5. The minimum atomic E-state index is -4.52. The van der Waals surface area contributed by atoms with Gasteiger partial charge in [-0.2, -0.15) is 13.2 Å². The lowest BCUT2D eigenvalue weighted by Crippen LogP contribution is -2.32. The molecule has 41 heavy (non-hydrogen) atoms. The summed E-state index contributed by atoms with van der Waals surface area (Å²) in [6.45, 7) is 3.50. The second-order valence-electron chi connectivity index (χ2n) is 10.3. The van der Waals surface area contributed by atoms with Gasteiger partial charge in [0.2, 0.25) is 0 Å². The van der Waals surface area contributed by atoms with Gasteiger partial charge in [0.25, 0.3) is 0 Å². The van der Waals surface area contributed by atoms with Gasteiger partial charge in [0.15, 0.2) is 0 Å². The first-order valence-electron chi connectivity index (χ1n) is 13.7. The molecule has 1 heterocycles. The van der Waals surface area contributed by atoms with Crippen molar-refractivity contribution in [2.45, 2.75) is 38.1 Å². The summed E-state index contributed by atoms with van der Waals surface area (Å²) in [4.78, 5) is 5.39. The van der Waals surface area contributed by atoms with Crippen molar-refractivity contribution in [3.8, 4) is 5.75 Å². The van der Waals surface area contributed by atoms with Gasteiger partial charge in [0, 0.05) is 42.7 Å². The van der Waals surface area contributed by atoms with E-state index in [9.17, 15) is 13.2 Å². The summed E-state index contributed by atoms with van der Waals surface area (Å²) in [5.41, 5.74) is 2.93. The molecule has 1 unspecified atom stereocenters. The van der Waals surface area contributed by atoms with Crippen molar-refractivity contribution in [2.75, 3.05) is 13.1 Å². The Balaban J connectivity index is 1.41. The molecule has 5 aromatic rings. The number of alkyl halides is 3. The smallest absolute Gasteiger partial charge is 0.417 e. The first-order chi connectivity index (χ1) is 19.8. The van der Waals surface area contributed by atoms with E-state index in [4.69, 9.17) is 16.3 Å². The Labute approximate surface area is 243 Å². The largest absolute Gasteiger partial charge is 0.490 e. The van der Waals surface area contributed by atoms with Crippen LogP contribution in [0.4, 0.5) is 13.2 Å². The zero-order valence-corrected chi connectivity index (χ0v) is 23.5. The number of nitrogens with one attached hydrogen (secondary N) is 1. The first-order valence-corrected chi connectivity index (χ1v) is 14.1. The van der Waals surface area contributed by atoms with Crippen LogP contribution in [-0.2, 0) is 12.7 Å². The summed E-state index contributed by atoms with van der Waals surface area (Å²) in [6.07, 6.45) is -2.08. The van der Waals surface area contributed by atoms with Crippen molar-refractivity contribution in [2.24, 2.45) is 0 Å². The topological polar surface area (TPSA) is 28.3 Å². The molecule has 0 aliphatic heterocycles. The van der Waals surface area contributed by atoms with E-state index in [1.807, 2.05) is 73.8 Å². The van der Waals surface area contributed by atoms with Gasteiger partial charge in [-0.3, -0.25) is 4.90 Å². The van der Waals surface area contributed by atoms with Crippen LogP contribution in [-0.4, -0.2) is 29.1 Å². The molecule has 0 bridgehead atoms. The summed E-state index contributed by atoms with van der Waals surface area (Å²) in [7, 11) is 0. The molecule has 0 radical (unpaired) electrons. The number of H-pyrrole nitrogens is 1. The van der Waals surface area contributed by atoms with E-state index in [2.05, 4.69) is 34.1 Å². The Kier molecular flexibility index (Phi) is 9.01. The molecule has 7 heteroatoms. The van der Waals surface area contributed by atoms with Gasteiger partial charge in [0.05, 0.1) is 16.7 Å². The normalized spacial score (nSPS) is 12.8. The second kappa shape index (κ2) is 12.8. The summed E-state index contributed by atoms with van der Waals surface area (Å²) >= 11 is 6.35. The van der Waals surface area contributed by atoms with Crippen molar-refractivity contribution in [1.29, 1.82) is 0 Å². The fourth-order valence-corrected chi connectivity index (χ4v) is 5.52. The third kappa shape index (κ3) is 7.13. The van der Waals surface area contributed by atoms with E-state index in [1.165, 1.54) is 6.07 Å². The van der Waals surface area contributed by atoms with Crippen LogP contribution in [0.1, 0.15) is 41.5 Å². The number of halogens is 4. The number of aromatic amines is 1. The zero-order valence-electron chi connectivity index (χ0n) is 22.7. The average Bonchev–Trinajstić information content (AvgIpc) is 3.46. The number of ether oxygens (including phenoxy) is 1. The molecule has 0 aliphatic rings. The van der Waals surface area contributed by atoms with Crippen LogP contribution in [0.5, 0.6) is 5.75 Å². The van der Waals surface area contributed by atoms with E-state index in [0.717, 1.165) is 33.8 Å². The Morgan fingerprint density at radius 1 is 0.829 bits per heavy atom. The predicted octanol–water partition coefficient (Wildman–Crippen LogP) is 9.33. The van der Waals surface area contributed by atoms with Gasteiger partial charge in [-0.25, -0.2) is 0 Å². The zero-order chi connectivity index (χ0) is 28.8. The highest BCUT2D eigenvalue weighted by Crippen LogP contribution is 2.37. The van der Waals surface area contributed by atoms with Gasteiger partial charge in [-0.1, -0.05) is 90.5 Å². The van der Waals surface area contributed by atoms with Crippen LogP contribution in [0.25, 0.3) is 10.9 Å². The molecule has 5 rings (SSSR count). The molecule has 0 saturated heterocycles. The van der Waals surface area contributed by atoms with Gasteiger partial charge in [-0.05, 0) is 54.3 Å². The maximum Gasteiger partial charge on any atom is 0.417 e. The van der Waals surface area contributed by atoms with Crippen molar-refractivity contribution in [1.82, 2.24) is 9.88 Å².